The zero-order valence-corrected chi connectivity index (χ0v) is 8.93. The molecule has 5 heteroatoms. The van der Waals surface area contributed by atoms with Crippen molar-refractivity contribution in [3.63, 3.8) is 0 Å². The van der Waals surface area contributed by atoms with Crippen LogP contribution in [0.15, 0.2) is 0 Å². The maximum absolute atomic E-state index is 10.3. The van der Waals surface area contributed by atoms with Crippen LogP contribution in [0.4, 0.5) is 0 Å². The summed E-state index contributed by atoms with van der Waals surface area (Å²) in [4.78, 5) is 10.3. The lowest BCUT2D eigenvalue weighted by molar-refractivity contribution is -0.138. The van der Waals surface area contributed by atoms with Crippen LogP contribution in [0.2, 0.25) is 0 Å². The SMILES string of the molecule is CSCC(C)CNCC(N)C(=O)O. The quantitative estimate of drug-likeness (QED) is 0.546. The number of hydrogen-bond acceptors (Lipinski definition) is 4. The highest BCUT2D eigenvalue weighted by molar-refractivity contribution is 7.98. The fourth-order valence-corrected chi connectivity index (χ4v) is 1.60. The molecule has 0 spiro atoms. The molecule has 4 N–H and O–H groups in total. The Labute approximate surface area is 83.3 Å². The maximum Gasteiger partial charge on any atom is 0.321 e. The van der Waals surface area contributed by atoms with E-state index in [0.717, 1.165) is 12.3 Å². The summed E-state index contributed by atoms with van der Waals surface area (Å²) in [7, 11) is 0. The Morgan fingerprint density at radius 2 is 2.23 bits per heavy atom. The molecule has 0 radical (unpaired) electrons. The standard InChI is InChI=1S/C8H18N2O2S/c1-6(5-13-2)3-10-4-7(9)8(11)12/h6-7,10H,3-5,9H2,1-2H3,(H,11,12). The summed E-state index contributed by atoms with van der Waals surface area (Å²) in [5, 5.41) is 11.5. The van der Waals surface area contributed by atoms with Gasteiger partial charge in [0.1, 0.15) is 6.04 Å². The monoisotopic (exact) mass is 206 g/mol. The number of aliphatic carboxylic acids is 1. The van der Waals surface area contributed by atoms with Gasteiger partial charge in [0.2, 0.25) is 0 Å². The van der Waals surface area contributed by atoms with Crippen molar-refractivity contribution in [1.29, 1.82) is 0 Å². The van der Waals surface area contributed by atoms with E-state index in [1.165, 1.54) is 0 Å². The van der Waals surface area contributed by atoms with Crippen molar-refractivity contribution in [3.05, 3.63) is 0 Å². The van der Waals surface area contributed by atoms with Crippen molar-refractivity contribution in [3.8, 4) is 0 Å². The van der Waals surface area contributed by atoms with Crippen molar-refractivity contribution in [2.24, 2.45) is 11.7 Å². The third-order valence-electron chi connectivity index (χ3n) is 1.63. The van der Waals surface area contributed by atoms with Crippen molar-refractivity contribution >= 4 is 17.7 Å². The predicted octanol–water partition coefficient (Wildman–Crippen LogP) is -0.0130. The second-order valence-corrected chi connectivity index (χ2v) is 4.07. The number of rotatable bonds is 7. The molecule has 0 saturated heterocycles. The second-order valence-electron chi connectivity index (χ2n) is 3.16. The lowest BCUT2D eigenvalue weighted by Gasteiger charge is -2.12. The Kier molecular flexibility index (Phi) is 7.03. The van der Waals surface area contributed by atoms with E-state index in [-0.39, 0.29) is 0 Å². The molecule has 0 aliphatic carbocycles. The van der Waals surface area contributed by atoms with Gasteiger partial charge in [-0.3, -0.25) is 4.79 Å². The molecule has 0 bridgehead atoms. The van der Waals surface area contributed by atoms with Crippen LogP contribution in [0.3, 0.4) is 0 Å². The molecule has 0 saturated carbocycles. The molecule has 78 valence electrons. The summed E-state index contributed by atoms with van der Waals surface area (Å²) >= 11 is 1.79. The van der Waals surface area contributed by atoms with Gasteiger partial charge in [-0.05, 0) is 24.5 Å². The minimum Gasteiger partial charge on any atom is -0.480 e. The molecule has 0 aliphatic rings. The highest BCUT2D eigenvalue weighted by Gasteiger charge is 2.10. The molecule has 13 heavy (non-hydrogen) atoms. The van der Waals surface area contributed by atoms with Crippen LogP contribution in [0, 0.1) is 5.92 Å². The largest absolute Gasteiger partial charge is 0.480 e. The van der Waals surface area contributed by atoms with Crippen molar-refractivity contribution in [1.82, 2.24) is 5.32 Å². The Bertz CT molecular complexity index is 155. The minimum absolute atomic E-state index is 0.341. The molecule has 0 fully saturated rings. The van der Waals surface area contributed by atoms with Gasteiger partial charge in [-0.1, -0.05) is 6.92 Å². The van der Waals surface area contributed by atoms with Gasteiger partial charge in [0, 0.05) is 6.54 Å². The van der Waals surface area contributed by atoms with E-state index in [4.69, 9.17) is 10.8 Å². The lowest BCUT2D eigenvalue weighted by Crippen LogP contribution is -2.41. The first-order valence-corrected chi connectivity index (χ1v) is 5.65. The van der Waals surface area contributed by atoms with Gasteiger partial charge in [0.15, 0.2) is 0 Å². The number of carboxylic acids is 1. The first-order chi connectivity index (χ1) is 6.07. The van der Waals surface area contributed by atoms with Crippen LogP contribution in [-0.4, -0.2) is 42.2 Å². The van der Waals surface area contributed by atoms with E-state index in [9.17, 15) is 4.79 Å². The van der Waals surface area contributed by atoms with Gasteiger partial charge < -0.3 is 16.2 Å². The Balaban J connectivity index is 3.39. The van der Waals surface area contributed by atoms with E-state index in [1.807, 2.05) is 0 Å². The van der Waals surface area contributed by atoms with Crippen molar-refractivity contribution in [2.45, 2.75) is 13.0 Å². The van der Waals surface area contributed by atoms with Gasteiger partial charge >= 0.3 is 5.97 Å². The van der Waals surface area contributed by atoms with Crippen molar-refractivity contribution < 1.29 is 9.90 Å². The second kappa shape index (κ2) is 7.17. The van der Waals surface area contributed by atoms with Crippen LogP contribution in [0.5, 0.6) is 0 Å². The summed E-state index contributed by atoms with van der Waals surface area (Å²) in [6.07, 6.45) is 2.06. The zero-order chi connectivity index (χ0) is 10.3. The number of carbonyl (C=O) groups is 1. The highest BCUT2D eigenvalue weighted by atomic mass is 32.2. The van der Waals surface area contributed by atoms with Gasteiger partial charge in [0.25, 0.3) is 0 Å². The number of nitrogens with two attached hydrogens (primary N) is 1. The fraction of sp³-hybridized carbons (Fsp3) is 0.875. The molecule has 0 heterocycles. The predicted molar refractivity (Wildman–Crippen MR) is 56.0 cm³/mol. The van der Waals surface area contributed by atoms with E-state index in [1.54, 1.807) is 11.8 Å². The summed E-state index contributed by atoms with van der Waals surface area (Å²) < 4.78 is 0. The normalized spacial score (nSPS) is 15.3. The number of carboxylic acid groups (broad SMARTS) is 1. The van der Waals surface area contributed by atoms with E-state index < -0.39 is 12.0 Å². The summed E-state index contributed by atoms with van der Waals surface area (Å²) in [5.74, 6) is 0.677. The Morgan fingerprint density at radius 1 is 1.62 bits per heavy atom. The number of hydrogen-bond donors (Lipinski definition) is 3. The highest BCUT2D eigenvalue weighted by Crippen LogP contribution is 2.02. The third-order valence-corrected chi connectivity index (χ3v) is 2.53. The maximum atomic E-state index is 10.3. The van der Waals surface area contributed by atoms with E-state index in [0.29, 0.717) is 12.5 Å². The lowest BCUT2D eigenvalue weighted by atomic mass is 10.2. The van der Waals surface area contributed by atoms with E-state index in [2.05, 4.69) is 18.5 Å². The Morgan fingerprint density at radius 3 is 2.69 bits per heavy atom. The Hall–Kier alpha value is -0.260. The van der Waals surface area contributed by atoms with Crippen LogP contribution < -0.4 is 11.1 Å². The van der Waals surface area contributed by atoms with E-state index >= 15 is 0 Å². The van der Waals surface area contributed by atoms with Gasteiger partial charge in [-0.25, -0.2) is 0 Å². The average molecular weight is 206 g/mol. The molecule has 0 amide bonds. The first-order valence-electron chi connectivity index (χ1n) is 4.26. The first kappa shape index (κ1) is 12.7. The average Bonchev–Trinajstić information content (AvgIpc) is 2.04. The molecule has 0 aromatic carbocycles. The van der Waals surface area contributed by atoms with Crippen LogP contribution in [0.1, 0.15) is 6.92 Å². The summed E-state index contributed by atoms with van der Waals surface area (Å²) in [5.41, 5.74) is 5.31. The molecule has 0 aliphatic heterocycles. The number of nitrogens with one attached hydrogen (secondary N) is 1. The van der Waals surface area contributed by atoms with Gasteiger partial charge in [-0.15, -0.1) is 0 Å². The fourth-order valence-electron chi connectivity index (χ4n) is 0.916. The topological polar surface area (TPSA) is 75.3 Å². The van der Waals surface area contributed by atoms with Crippen LogP contribution in [-0.2, 0) is 4.79 Å². The number of thioether (sulfide) groups is 1. The molecule has 2 unspecified atom stereocenters. The summed E-state index contributed by atoms with van der Waals surface area (Å²) in [6, 6.07) is -0.790. The molecular formula is C8H18N2O2S. The van der Waals surface area contributed by atoms with Crippen molar-refractivity contribution in [2.75, 3.05) is 25.1 Å². The zero-order valence-electron chi connectivity index (χ0n) is 8.12. The smallest absolute Gasteiger partial charge is 0.321 e. The molecule has 2 atom stereocenters. The summed E-state index contributed by atoms with van der Waals surface area (Å²) in [6.45, 7) is 3.28. The molecule has 0 aromatic rings. The molecule has 4 nitrogen and oxygen atoms in total. The van der Waals surface area contributed by atoms with Crippen LogP contribution in [0.25, 0.3) is 0 Å². The third kappa shape index (κ3) is 6.86. The molecule has 0 rings (SSSR count). The molecular weight excluding hydrogens is 188 g/mol. The van der Waals surface area contributed by atoms with Gasteiger partial charge in [-0.2, -0.15) is 11.8 Å². The minimum atomic E-state index is -0.954. The van der Waals surface area contributed by atoms with Crippen LogP contribution >= 0.6 is 11.8 Å². The molecule has 0 aromatic heterocycles. The van der Waals surface area contributed by atoms with Gasteiger partial charge in [0.05, 0.1) is 0 Å².